The Morgan fingerprint density at radius 2 is 1.82 bits per heavy atom. The fourth-order valence-corrected chi connectivity index (χ4v) is 5.01. The van der Waals surface area contributed by atoms with Gasteiger partial charge in [-0.3, -0.25) is 19.3 Å². The van der Waals surface area contributed by atoms with Crippen molar-refractivity contribution in [3.05, 3.63) is 91.8 Å². The lowest BCUT2D eigenvalue weighted by molar-refractivity contribution is -0.123. The highest BCUT2D eigenvalue weighted by molar-refractivity contribution is 8.18. The molecule has 0 unspecified atom stereocenters. The van der Waals surface area contributed by atoms with E-state index in [1.54, 1.807) is 42.5 Å². The van der Waals surface area contributed by atoms with Crippen LogP contribution >= 0.6 is 35.0 Å². The van der Waals surface area contributed by atoms with Gasteiger partial charge in [-0.15, -0.1) is 0 Å². The lowest BCUT2D eigenvalue weighted by Crippen LogP contribution is -2.27. The third-order valence-electron chi connectivity index (χ3n) is 5.73. The summed E-state index contributed by atoms with van der Waals surface area (Å²) in [6.45, 7) is 3.69. The third kappa shape index (κ3) is 6.51. The topological polar surface area (TPSA) is 84.9 Å². The minimum absolute atomic E-state index is 0.0399. The minimum Gasteiger partial charge on any atom is -0.493 e. The molecule has 0 spiro atoms. The summed E-state index contributed by atoms with van der Waals surface area (Å²) >= 11 is 13.0. The fourth-order valence-electron chi connectivity index (χ4n) is 3.70. The highest BCUT2D eigenvalue weighted by atomic mass is 35.5. The number of ether oxygens (including phenoxy) is 2. The molecule has 4 rings (SSSR count). The van der Waals surface area contributed by atoms with Crippen molar-refractivity contribution in [2.75, 3.05) is 19.0 Å². The van der Waals surface area contributed by atoms with Crippen molar-refractivity contribution in [3.63, 3.8) is 0 Å². The summed E-state index contributed by atoms with van der Waals surface area (Å²) in [5.74, 6) is 0.0180. The molecule has 3 aromatic rings. The first-order chi connectivity index (χ1) is 18.1. The summed E-state index contributed by atoms with van der Waals surface area (Å²) in [4.78, 5) is 39.3. The Morgan fingerprint density at radius 3 is 2.55 bits per heavy atom. The van der Waals surface area contributed by atoms with Gasteiger partial charge in [0, 0.05) is 15.7 Å². The lowest BCUT2D eigenvalue weighted by Gasteiger charge is -2.14. The van der Waals surface area contributed by atoms with Crippen molar-refractivity contribution in [3.8, 4) is 11.5 Å². The van der Waals surface area contributed by atoms with Crippen molar-refractivity contribution in [2.24, 2.45) is 0 Å². The second-order valence-corrected chi connectivity index (χ2v) is 10.4. The predicted octanol–water partition coefficient (Wildman–Crippen LogP) is 6.87. The predicted molar refractivity (Wildman–Crippen MR) is 151 cm³/mol. The molecule has 1 heterocycles. The number of halogens is 2. The highest BCUT2D eigenvalue weighted by Crippen LogP contribution is 2.36. The number of methoxy groups -OCH3 is 1. The van der Waals surface area contributed by atoms with Gasteiger partial charge in [0.2, 0.25) is 0 Å². The van der Waals surface area contributed by atoms with Crippen molar-refractivity contribution < 1.29 is 23.9 Å². The summed E-state index contributed by atoms with van der Waals surface area (Å²) in [7, 11) is 1.48. The zero-order valence-corrected chi connectivity index (χ0v) is 23.2. The number of anilines is 1. The van der Waals surface area contributed by atoms with Crippen molar-refractivity contribution in [1.82, 2.24) is 4.90 Å². The molecule has 0 saturated carbocycles. The summed E-state index contributed by atoms with van der Waals surface area (Å²) in [6, 6.07) is 15.7. The molecule has 0 bridgehead atoms. The van der Waals surface area contributed by atoms with Crippen molar-refractivity contribution in [2.45, 2.75) is 20.4 Å². The smallest absolute Gasteiger partial charge is 0.293 e. The molecule has 1 fully saturated rings. The van der Waals surface area contributed by atoms with Crippen molar-refractivity contribution in [1.29, 1.82) is 0 Å². The summed E-state index contributed by atoms with van der Waals surface area (Å²) in [6.07, 6.45) is 1.61. The van der Waals surface area contributed by atoms with Crippen LogP contribution in [0.2, 0.25) is 10.0 Å². The third-order valence-corrected chi connectivity index (χ3v) is 7.22. The van der Waals surface area contributed by atoms with E-state index < -0.39 is 11.1 Å². The molecule has 196 valence electrons. The number of aryl methyl sites for hydroxylation is 2. The molecule has 38 heavy (non-hydrogen) atoms. The molecule has 3 aromatic carbocycles. The molecular formula is C28H24Cl2N2O5S. The van der Waals surface area contributed by atoms with Crippen LogP contribution in [0.25, 0.3) is 6.08 Å². The summed E-state index contributed by atoms with van der Waals surface area (Å²) in [5, 5.41) is 3.30. The van der Waals surface area contributed by atoms with E-state index in [4.69, 9.17) is 32.7 Å². The molecule has 1 saturated heterocycles. The number of benzene rings is 3. The van der Waals surface area contributed by atoms with Gasteiger partial charge in [-0.05, 0) is 84.3 Å². The number of carbonyl (C=O) groups is 3. The van der Waals surface area contributed by atoms with Crippen LogP contribution in [0.1, 0.15) is 22.3 Å². The number of carbonyl (C=O) groups excluding carboxylic acids is 3. The number of hydrogen-bond donors (Lipinski definition) is 1. The van der Waals surface area contributed by atoms with Gasteiger partial charge in [-0.2, -0.15) is 0 Å². The molecular weight excluding hydrogens is 547 g/mol. The van der Waals surface area contributed by atoms with E-state index >= 15 is 0 Å². The molecule has 7 nitrogen and oxygen atoms in total. The van der Waals surface area contributed by atoms with E-state index in [-0.39, 0.29) is 24.0 Å². The van der Waals surface area contributed by atoms with Crippen LogP contribution in [0.4, 0.5) is 10.5 Å². The number of nitrogens with zero attached hydrogens (tertiary/aromatic N) is 1. The van der Waals surface area contributed by atoms with E-state index in [9.17, 15) is 14.4 Å². The number of hydrogen-bond acceptors (Lipinski definition) is 6. The first-order valence-electron chi connectivity index (χ1n) is 11.5. The largest absolute Gasteiger partial charge is 0.493 e. The van der Waals surface area contributed by atoms with Crippen LogP contribution in [-0.4, -0.2) is 35.7 Å². The molecule has 0 aliphatic carbocycles. The normalized spacial score (nSPS) is 14.2. The fraction of sp³-hybridized carbons (Fsp3) is 0.179. The van der Waals surface area contributed by atoms with Gasteiger partial charge in [0.05, 0.1) is 18.6 Å². The number of rotatable bonds is 8. The molecule has 3 amide bonds. The van der Waals surface area contributed by atoms with E-state index in [1.807, 2.05) is 32.0 Å². The first kappa shape index (κ1) is 27.6. The van der Waals surface area contributed by atoms with Gasteiger partial charge in [0.25, 0.3) is 17.1 Å². The number of amides is 3. The average molecular weight is 571 g/mol. The van der Waals surface area contributed by atoms with Crippen LogP contribution < -0.4 is 14.8 Å². The maximum absolute atomic E-state index is 12.9. The van der Waals surface area contributed by atoms with Gasteiger partial charge in [-0.1, -0.05) is 47.5 Å². The zero-order valence-electron chi connectivity index (χ0n) is 20.8. The molecule has 1 aliphatic heterocycles. The monoisotopic (exact) mass is 570 g/mol. The highest BCUT2D eigenvalue weighted by Gasteiger charge is 2.35. The zero-order chi connectivity index (χ0) is 27.4. The summed E-state index contributed by atoms with van der Waals surface area (Å²) < 4.78 is 11.1. The SMILES string of the molecule is COc1cc(/C=C2\SC(=O)N(Cc3ccc(Cl)cc3Cl)C2=O)ccc1OCC(=O)Nc1cc(C)ccc1C. The molecule has 1 N–H and O–H groups in total. The molecule has 0 radical (unpaired) electrons. The second-order valence-electron chi connectivity index (χ2n) is 8.57. The van der Waals surface area contributed by atoms with Gasteiger partial charge in [0.1, 0.15) is 0 Å². The summed E-state index contributed by atoms with van der Waals surface area (Å²) in [5.41, 5.74) is 3.96. The van der Waals surface area contributed by atoms with Crippen LogP contribution in [0, 0.1) is 13.8 Å². The maximum Gasteiger partial charge on any atom is 0.293 e. The average Bonchev–Trinajstić information content (AvgIpc) is 3.14. The molecule has 1 aliphatic rings. The van der Waals surface area contributed by atoms with Gasteiger partial charge < -0.3 is 14.8 Å². The quantitative estimate of drug-likeness (QED) is 0.297. The van der Waals surface area contributed by atoms with Crippen LogP contribution in [0.3, 0.4) is 0 Å². The van der Waals surface area contributed by atoms with Crippen LogP contribution in [0.15, 0.2) is 59.5 Å². The lowest BCUT2D eigenvalue weighted by atomic mass is 10.1. The Labute approximate surface area is 234 Å². The second kappa shape index (κ2) is 11.9. The van der Waals surface area contributed by atoms with E-state index in [1.165, 1.54) is 7.11 Å². The molecule has 0 atom stereocenters. The van der Waals surface area contributed by atoms with Crippen LogP contribution in [0.5, 0.6) is 11.5 Å². The van der Waals surface area contributed by atoms with Gasteiger partial charge >= 0.3 is 0 Å². The van der Waals surface area contributed by atoms with Gasteiger partial charge in [-0.25, -0.2) is 0 Å². The Hall–Kier alpha value is -3.46. The van der Waals surface area contributed by atoms with E-state index in [0.29, 0.717) is 32.7 Å². The Bertz CT molecular complexity index is 1460. The Balaban J connectivity index is 1.43. The molecule has 10 heteroatoms. The van der Waals surface area contributed by atoms with Gasteiger partial charge in [0.15, 0.2) is 18.1 Å². The first-order valence-corrected chi connectivity index (χ1v) is 13.1. The maximum atomic E-state index is 12.9. The van der Waals surface area contributed by atoms with E-state index in [0.717, 1.165) is 33.5 Å². The standard InChI is InChI=1S/C28H24Cl2N2O5S/c1-16-4-5-17(2)22(10-16)31-26(33)15-37-23-9-6-18(11-24(23)36-3)12-25-27(34)32(28(35)38-25)14-19-7-8-20(29)13-21(19)30/h4-13H,14-15H2,1-3H3,(H,31,33)/b25-12-. The number of thioether (sulfide) groups is 1. The Kier molecular flexibility index (Phi) is 8.66. The Morgan fingerprint density at radius 1 is 1.03 bits per heavy atom. The number of nitrogens with one attached hydrogen (secondary N) is 1. The van der Waals surface area contributed by atoms with Crippen LogP contribution in [-0.2, 0) is 16.1 Å². The molecule has 0 aromatic heterocycles. The minimum atomic E-state index is -0.423. The number of imide groups is 1. The van der Waals surface area contributed by atoms with E-state index in [2.05, 4.69) is 5.32 Å². The van der Waals surface area contributed by atoms with Crippen molar-refractivity contribution >= 4 is 63.8 Å².